The van der Waals surface area contributed by atoms with Crippen molar-refractivity contribution in [2.45, 2.75) is 38.9 Å². The topological polar surface area (TPSA) is 90.9 Å². The molecule has 9 heteroatoms. The Bertz CT molecular complexity index is 1210. The van der Waals surface area contributed by atoms with Gasteiger partial charge in [0.2, 0.25) is 5.91 Å². The molecule has 0 saturated carbocycles. The average Bonchev–Trinajstić information content (AvgIpc) is 3.05. The number of aromatic nitrogens is 4. The number of thioether (sulfide) groups is 1. The van der Waals surface area contributed by atoms with Crippen molar-refractivity contribution in [3.63, 3.8) is 0 Å². The minimum Gasteiger partial charge on any atom is -0.325 e. The van der Waals surface area contributed by atoms with Crippen molar-refractivity contribution in [2.24, 2.45) is 14.1 Å². The van der Waals surface area contributed by atoms with Gasteiger partial charge in [-0.25, -0.2) is 9.78 Å². The molecule has 3 rings (SSSR count). The van der Waals surface area contributed by atoms with Gasteiger partial charge in [0.05, 0.1) is 5.75 Å². The number of carbonyl (C=O) groups excluding carboxylic acids is 1. The number of nitrogens with one attached hydrogen (secondary N) is 1. The molecule has 154 valence electrons. The highest BCUT2D eigenvalue weighted by atomic mass is 32.2. The molecule has 0 atom stereocenters. The minimum atomic E-state index is -0.423. The number of rotatable bonds is 6. The Morgan fingerprint density at radius 3 is 2.59 bits per heavy atom. The van der Waals surface area contributed by atoms with E-state index in [2.05, 4.69) is 10.3 Å². The van der Waals surface area contributed by atoms with Crippen LogP contribution in [0.1, 0.15) is 24.5 Å². The van der Waals surface area contributed by atoms with E-state index >= 15 is 0 Å². The number of benzene rings is 1. The molecule has 0 radical (unpaired) electrons. The van der Waals surface area contributed by atoms with Crippen molar-refractivity contribution < 1.29 is 4.79 Å². The molecule has 0 unspecified atom stereocenters. The SMILES string of the molecule is CCCn1c(SCC(=O)Nc2cccc(C)c2C)nc2c1c(=O)n(C)c(=O)n2C. The van der Waals surface area contributed by atoms with Crippen LogP contribution in [0.15, 0.2) is 32.9 Å². The smallest absolute Gasteiger partial charge is 0.325 e. The summed E-state index contributed by atoms with van der Waals surface area (Å²) in [6, 6.07) is 5.77. The Balaban J connectivity index is 1.91. The van der Waals surface area contributed by atoms with Gasteiger partial charge in [-0.2, -0.15) is 0 Å². The maximum atomic E-state index is 12.7. The molecule has 1 aromatic carbocycles. The van der Waals surface area contributed by atoms with Crippen LogP contribution in [0.2, 0.25) is 0 Å². The molecule has 2 aromatic heterocycles. The summed E-state index contributed by atoms with van der Waals surface area (Å²) in [4.78, 5) is 41.9. The van der Waals surface area contributed by atoms with Gasteiger partial charge in [-0.1, -0.05) is 30.8 Å². The molecule has 0 aliphatic carbocycles. The molecule has 3 aromatic rings. The Kier molecular flexibility index (Phi) is 5.97. The molecule has 2 heterocycles. The number of fused-ring (bicyclic) bond motifs is 1. The largest absolute Gasteiger partial charge is 0.332 e. The Hall–Kier alpha value is -2.81. The lowest BCUT2D eigenvalue weighted by atomic mass is 10.1. The fourth-order valence-electron chi connectivity index (χ4n) is 3.17. The van der Waals surface area contributed by atoms with Crippen LogP contribution >= 0.6 is 11.8 Å². The summed E-state index contributed by atoms with van der Waals surface area (Å²) < 4.78 is 4.24. The normalized spacial score (nSPS) is 11.2. The minimum absolute atomic E-state index is 0.148. The molecule has 0 saturated heterocycles. The number of hydrogen-bond donors (Lipinski definition) is 1. The number of amides is 1. The molecule has 0 bridgehead atoms. The van der Waals surface area contributed by atoms with E-state index in [9.17, 15) is 14.4 Å². The van der Waals surface area contributed by atoms with Crippen LogP contribution in [0.25, 0.3) is 11.2 Å². The monoisotopic (exact) mass is 415 g/mol. The van der Waals surface area contributed by atoms with Crippen molar-refractivity contribution in [3.8, 4) is 0 Å². The molecule has 0 aliphatic rings. The van der Waals surface area contributed by atoms with Gasteiger partial charge in [-0.05, 0) is 37.5 Å². The number of aryl methyl sites for hydroxylation is 3. The van der Waals surface area contributed by atoms with E-state index in [0.717, 1.165) is 27.8 Å². The second-order valence-electron chi connectivity index (χ2n) is 7.01. The van der Waals surface area contributed by atoms with E-state index < -0.39 is 5.69 Å². The summed E-state index contributed by atoms with van der Waals surface area (Å²) in [5.74, 6) is -0.00473. The highest BCUT2D eigenvalue weighted by Crippen LogP contribution is 2.23. The van der Waals surface area contributed by atoms with Crippen LogP contribution in [0, 0.1) is 13.8 Å². The second-order valence-corrected chi connectivity index (χ2v) is 7.95. The molecule has 0 spiro atoms. The van der Waals surface area contributed by atoms with Gasteiger partial charge >= 0.3 is 5.69 Å². The first-order chi connectivity index (χ1) is 13.8. The van der Waals surface area contributed by atoms with Crippen molar-refractivity contribution in [3.05, 3.63) is 50.2 Å². The number of carbonyl (C=O) groups is 1. The van der Waals surface area contributed by atoms with Crippen molar-refractivity contribution in [1.82, 2.24) is 18.7 Å². The lowest BCUT2D eigenvalue weighted by Gasteiger charge is -2.10. The molecular weight excluding hydrogens is 390 g/mol. The van der Waals surface area contributed by atoms with E-state index in [4.69, 9.17) is 0 Å². The molecule has 1 N–H and O–H groups in total. The maximum absolute atomic E-state index is 12.7. The van der Waals surface area contributed by atoms with Crippen molar-refractivity contribution in [1.29, 1.82) is 0 Å². The zero-order chi connectivity index (χ0) is 21.3. The van der Waals surface area contributed by atoms with Gasteiger partial charge in [-0.15, -0.1) is 0 Å². The first-order valence-electron chi connectivity index (χ1n) is 9.41. The number of nitrogens with zero attached hydrogens (tertiary/aromatic N) is 4. The van der Waals surface area contributed by atoms with Gasteiger partial charge in [0.1, 0.15) is 0 Å². The van der Waals surface area contributed by atoms with Gasteiger partial charge in [-0.3, -0.25) is 18.7 Å². The van der Waals surface area contributed by atoms with E-state index in [0.29, 0.717) is 22.9 Å². The highest BCUT2D eigenvalue weighted by molar-refractivity contribution is 7.99. The molecule has 8 nitrogen and oxygen atoms in total. The third-order valence-electron chi connectivity index (χ3n) is 4.97. The van der Waals surface area contributed by atoms with Crippen LogP contribution in [-0.2, 0) is 25.4 Å². The van der Waals surface area contributed by atoms with Crippen LogP contribution < -0.4 is 16.6 Å². The standard InChI is InChI=1S/C20H25N5O3S/c1-6-10-25-16-17(23(4)20(28)24(5)18(16)27)22-19(25)29-11-15(26)21-14-9-7-8-12(2)13(14)3/h7-9H,6,10-11H2,1-5H3,(H,21,26). The summed E-state index contributed by atoms with van der Waals surface area (Å²) in [5, 5.41) is 3.48. The third kappa shape index (κ3) is 3.87. The zero-order valence-electron chi connectivity index (χ0n) is 17.3. The summed E-state index contributed by atoms with van der Waals surface area (Å²) >= 11 is 1.26. The fourth-order valence-corrected chi connectivity index (χ4v) is 3.99. The van der Waals surface area contributed by atoms with Gasteiger partial charge < -0.3 is 9.88 Å². The molecular formula is C20H25N5O3S. The number of hydrogen-bond acceptors (Lipinski definition) is 5. The van der Waals surface area contributed by atoms with Crippen LogP contribution in [-0.4, -0.2) is 30.3 Å². The van der Waals surface area contributed by atoms with E-state index in [1.54, 1.807) is 11.6 Å². The van der Waals surface area contributed by atoms with Gasteiger partial charge in [0.25, 0.3) is 5.56 Å². The van der Waals surface area contributed by atoms with E-state index in [1.165, 1.54) is 23.4 Å². The Morgan fingerprint density at radius 1 is 1.17 bits per heavy atom. The van der Waals surface area contributed by atoms with Gasteiger partial charge in [0, 0.05) is 26.3 Å². The number of imidazole rings is 1. The molecule has 1 amide bonds. The van der Waals surface area contributed by atoms with Crippen LogP contribution in [0.4, 0.5) is 5.69 Å². The quantitative estimate of drug-likeness (QED) is 0.623. The lowest BCUT2D eigenvalue weighted by molar-refractivity contribution is -0.113. The fraction of sp³-hybridized carbons (Fsp3) is 0.400. The zero-order valence-corrected chi connectivity index (χ0v) is 18.1. The predicted molar refractivity (Wildman–Crippen MR) is 116 cm³/mol. The molecule has 0 aliphatic heterocycles. The summed E-state index contributed by atoms with van der Waals surface area (Å²) in [6.45, 7) is 6.54. The summed E-state index contributed by atoms with van der Waals surface area (Å²) in [7, 11) is 3.05. The van der Waals surface area contributed by atoms with Gasteiger partial charge in [0.15, 0.2) is 16.3 Å². The second kappa shape index (κ2) is 8.28. The van der Waals surface area contributed by atoms with Crippen LogP contribution in [0.5, 0.6) is 0 Å². The Morgan fingerprint density at radius 2 is 1.90 bits per heavy atom. The first kappa shape index (κ1) is 20.9. The summed E-state index contributed by atoms with van der Waals surface area (Å²) in [5.41, 5.74) is 2.84. The Labute approximate surface area is 172 Å². The van der Waals surface area contributed by atoms with Crippen molar-refractivity contribution >= 4 is 34.5 Å². The van der Waals surface area contributed by atoms with Crippen LogP contribution in [0.3, 0.4) is 0 Å². The van der Waals surface area contributed by atoms with Crippen molar-refractivity contribution in [2.75, 3.05) is 11.1 Å². The maximum Gasteiger partial charge on any atom is 0.332 e. The predicted octanol–water partition coefficient (Wildman–Crippen LogP) is 2.19. The third-order valence-corrected chi connectivity index (χ3v) is 5.95. The molecule has 0 fully saturated rings. The van der Waals surface area contributed by atoms with E-state index in [1.807, 2.05) is 39.0 Å². The highest BCUT2D eigenvalue weighted by Gasteiger charge is 2.19. The summed E-state index contributed by atoms with van der Waals surface area (Å²) in [6.07, 6.45) is 0.791. The first-order valence-corrected chi connectivity index (χ1v) is 10.4. The van der Waals surface area contributed by atoms with E-state index in [-0.39, 0.29) is 17.2 Å². The lowest BCUT2D eigenvalue weighted by Crippen LogP contribution is -2.37. The molecule has 29 heavy (non-hydrogen) atoms. The number of anilines is 1. The average molecular weight is 416 g/mol.